The average Bonchev–Trinajstić information content (AvgIpc) is 3.55. The van der Waals surface area contributed by atoms with E-state index in [-0.39, 0.29) is 53.3 Å². The largest absolute Gasteiger partial charge is 0.426 e. The van der Waals surface area contributed by atoms with Crippen LogP contribution in [0.25, 0.3) is 0 Å². The van der Waals surface area contributed by atoms with Crippen LogP contribution in [0.5, 0.6) is 5.75 Å². The maximum atomic E-state index is 14.1. The van der Waals surface area contributed by atoms with Crippen molar-refractivity contribution in [3.05, 3.63) is 123 Å². The van der Waals surface area contributed by atoms with Crippen molar-refractivity contribution in [1.29, 1.82) is 0 Å². The van der Waals surface area contributed by atoms with Crippen LogP contribution < -0.4 is 14.5 Å². The van der Waals surface area contributed by atoms with Gasteiger partial charge in [-0.05, 0) is 65.1 Å². The molecule has 0 spiro atoms. The zero-order chi connectivity index (χ0) is 31.1. The molecule has 0 radical (unpaired) electrons. The Balaban J connectivity index is 1.04. The molecule has 3 aliphatic carbocycles. The van der Waals surface area contributed by atoms with Gasteiger partial charge in [0.1, 0.15) is 5.75 Å². The number of nitrogens with zero attached hydrogens (tertiary/aromatic N) is 2. The van der Waals surface area contributed by atoms with Crippen LogP contribution in [0.2, 0.25) is 10.0 Å². The van der Waals surface area contributed by atoms with Gasteiger partial charge in [-0.25, -0.2) is 4.90 Å². The van der Waals surface area contributed by atoms with Gasteiger partial charge in [0.15, 0.2) is 0 Å². The van der Waals surface area contributed by atoms with E-state index >= 15 is 0 Å². The van der Waals surface area contributed by atoms with E-state index in [4.69, 9.17) is 27.9 Å². The molecule has 45 heavy (non-hydrogen) atoms. The number of esters is 1. The molecule has 7 nitrogen and oxygen atoms in total. The standard InChI is InChI=1S/C36H26Cl2N2O5/c1-18-15-20(45-36(44)19-16-28(41)39(17-19)27-12-6-11-25(37)33(27)38)13-14-26(18)40-34(42)31-29-21-7-2-3-8-22(21)30(32(31)35(40)43)24-10-5-4-9-23(24)29/h2-15,19,29-32H,16-17H2,1H3/t19-,29?,30?,31+,32+/m1/s1. The lowest BCUT2D eigenvalue weighted by Gasteiger charge is -2.45. The minimum Gasteiger partial charge on any atom is -0.426 e. The van der Waals surface area contributed by atoms with Crippen LogP contribution in [0.3, 0.4) is 0 Å². The molecule has 9 heteroatoms. The van der Waals surface area contributed by atoms with Gasteiger partial charge in [0.2, 0.25) is 17.7 Å². The number of ether oxygens (including phenoxy) is 1. The first kappa shape index (κ1) is 28.0. The fraction of sp³-hybridized carbons (Fsp3) is 0.222. The topological polar surface area (TPSA) is 84.0 Å². The third-order valence-corrected chi connectivity index (χ3v) is 10.6. The minimum atomic E-state index is -0.698. The van der Waals surface area contributed by atoms with Crippen molar-refractivity contribution in [3.8, 4) is 5.75 Å². The summed E-state index contributed by atoms with van der Waals surface area (Å²) in [6, 6.07) is 26.2. The molecule has 2 bridgehead atoms. The van der Waals surface area contributed by atoms with E-state index in [1.54, 1.807) is 43.3 Å². The van der Waals surface area contributed by atoms with Crippen molar-refractivity contribution < 1.29 is 23.9 Å². The molecule has 0 aromatic heterocycles. The highest BCUT2D eigenvalue weighted by Gasteiger charge is 2.61. The first-order chi connectivity index (χ1) is 21.7. The van der Waals surface area contributed by atoms with E-state index in [9.17, 15) is 19.2 Å². The van der Waals surface area contributed by atoms with E-state index in [1.807, 2.05) is 24.3 Å². The van der Waals surface area contributed by atoms with Crippen LogP contribution in [-0.4, -0.2) is 30.2 Å². The molecule has 2 heterocycles. The van der Waals surface area contributed by atoms with Gasteiger partial charge in [0.25, 0.3) is 0 Å². The average molecular weight is 638 g/mol. The summed E-state index contributed by atoms with van der Waals surface area (Å²) in [5, 5.41) is 0.568. The highest BCUT2D eigenvalue weighted by Crippen LogP contribution is 2.61. The van der Waals surface area contributed by atoms with Crippen molar-refractivity contribution >= 4 is 58.3 Å². The van der Waals surface area contributed by atoms with E-state index in [0.29, 0.717) is 22.0 Å². The van der Waals surface area contributed by atoms with E-state index in [2.05, 4.69) is 24.3 Å². The molecule has 3 atom stereocenters. The number of carbonyl (C=O) groups is 4. The predicted molar refractivity (Wildman–Crippen MR) is 170 cm³/mol. The highest BCUT2D eigenvalue weighted by atomic mass is 35.5. The molecule has 3 amide bonds. The molecule has 9 rings (SSSR count). The summed E-state index contributed by atoms with van der Waals surface area (Å²) < 4.78 is 5.70. The number of rotatable bonds is 4. The van der Waals surface area contributed by atoms with Gasteiger partial charge in [0.05, 0.1) is 39.2 Å². The Labute approximate surface area is 269 Å². The number of benzene rings is 4. The van der Waals surface area contributed by atoms with E-state index in [0.717, 1.165) is 22.3 Å². The maximum absolute atomic E-state index is 14.1. The molecule has 5 aliphatic rings. The van der Waals surface area contributed by atoms with Crippen LogP contribution in [0.1, 0.15) is 46.1 Å². The molecular weight excluding hydrogens is 611 g/mol. The van der Waals surface area contributed by atoms with Gasteiger partial charge < -0.3 is 9.64 Å². The normalized spacial score (nSPS) is 24.5. The number of amides is 3. The number of hydrogen-bond acceptors (Lipinski definition) is 5. The van der Waals surface area contributed by atoms with Crippen LogP contribution in [0.4, 0.5) is 11.4 Å². The van der Waals surface area contributed by atoms with Crippen molar-refractivity contribution in [2.45, 2.75) is 25.2 Å². The molecule has 4 aromatic rings. The maximum Gasteiger partial charge on any atom is 0.316 e. The van der Waals surface area contributed by atoms with Gasteiger partial charge in [-0.1, -0.05) is 77.8 Å². The Morgan fingerprint density at radius 1 is 0.756 bits per heavy atom. The number of hydrogen-bond donors (Lipinski definition) is 0. The third kappa shape index (κ3) is 4.10. The minimum absolute atomic E-state index is 0.0224. The first-order valence-electron chi connectivity index (χ1n) is 14.9. The summed E-state index contributed by atoms with van der Waals surface area (Å²) >= 11 is 12.4. The molecule has 0 unspecified atom stereocenters. The summed E-state index contributed by atoms with van der Waals surface area (Å²) in [5.74, 6) is -3.00. The summed E-state index contributed by atoms with van der Waals surface area (Å²) in [5.41, 5.74) is 6.02. The summed E-state index contributed by atoms with van der Waals surface area (Å²) in [6.07, 6.45) is -0.0224. The first-order valence-corrected chi connectivity index (χ1v) is 15.6. The Hall–Kier alpha value is -4.46. The molecule has 224 valence electrons. The van der Waals surface area contributed by atoms with Crippen LogP contribution in [0, 0.1) is 24.7 Å². The lowest BCUT2D eigenvalue weighted by atomic mass is 9.55. The second-order valence-corrected chi connectivity index (χ2v) is 12.9. The van der Waals surface area contributed by atoms with Crippen molar-refractivity contribution in [2.75, 3.05) is 16.3 Å². The molecule has 2 fully saturated rings. The number of halogens is 2. The zero-order valence-electron chi connectivity index (χ0n) is 24.1. The fourth-order valence-corrected chi connectivity index (χ4v) is 8.25. The summed E-state index contributed by atoms with van der Waals surface area (Å²) in [4.78, 5) is 56.9. The lowest BCUT2D eigenvalue weighted by Crippen LogP contribution is -2.41. The van der Waals surface area contributed by atoms with Crippen LogP contribution in [0.15, 0.2) is 84.9 Å². The van der Waals surface area contributed by atoms with Gasteiger partial charge in [-0.2, -0.15) is 0 Å². The molecule has 4 aromatic carbocycles. The SMILES string of the molecule is Cc1cc(OC(=O)[C@@H]2CC(=O)N(c3cccc(Cl)c3Cl)C2)ccc1N1C(=O)[C@H]2C3c4ccccc4C(c4ccccc43)[C@@H]2C1=O. The lowest BCUT2D eigenvalue weighted by molar-refractivity contribution is -0.139. The predicted octanol–water partition coefficient (Wildman–Crippen LogP) is 6.66. The van der Waals surface area contributed by atoms with Gasteiger partial charge in [0, 0.05) is 24.8 Å². The fourth-order valence-electron chi connectivity index (χ4n) is 7.86. The van der Waals surface area contributed by atoms with Crippen LogP contribution >= 0.6 is 23.2 Å². The van der Waals surface area contributed by atoms with Crippen molar-refractivity contribution in [3.63, 3.8) is 0 Å². The highest BCUT2D eigenvalue weighted by molar-refractivity contribution is 6.44. The smallest absolute Gasteiger partial charge is 0.316 e. The van der Waals surface area contributed by atoms with Crippen molar-refractivity contribution in [2.24, 2.45) is 17.8 Å². The van der Waals surface area contributed by atoms with Crippen molar-refractivity contribution in [1.82, 2.24) is 0 Å². The van der Waals surface area contributed by atoms with Gasteiger partial charge >= 0.3 is 5.97 Å². The summed E-state index contributed by atoms with van der Waals surface area (Å²) in [7, 11) is 0. The number of imide groups is 1. The third-order valence-electron chi connectivity index (χ3n) is 9.76. The zero-order valence-corrected chi connectivity index (χ0v) is 25.6. The molecule has 2 saturated heterocycles. The Bertz CT molecular complexity index is 1860. The number of carbonyl (C=O) groups excluding carboxylic acids is 4. The van der Waals surface area contributed by atoms with E-state index < -0.39 is 23.7 Å². The molecular formula is C36H26Cl2N2O5. The second kappa shape index (κ2) is 10.3. The van der Waals surface area contributed by atoms with Crippen LogP contribution in [-0.2, 0) is 19.2 Å². The Morgan fingerprint density at radius 3 is 1.89 bits per heavy atom. The van der Waals surface area contributed by atoms with Gasteiger partial charge in [-0.15, -0.1) is 0 Å². The molecule has 0 saturated carbocycles. The molecule has 2 aliphatic heterocycles. The second-order valence-electron chi connectivity index (χ2n) is 12.1. The molecule has 0 N–H and O–H groups in total. The van der Waals surface area contributed by atoms with Gasteiger partial charge in [-0.3, -0.25) is 19.2 Å². The van der Waals surface area contributed by atoms with E-state index in [1.165, 1.54) is 9.80 Å². The quantitative estimate of drug-likeness (QED) is 0.142. The number of aryl methyl sites for hydroxylation is 1. The monoisotopic (exact) mass is 636 g/mol. The Kier molecular flexibility index (Phi) is 6.41. The number of anilines is 2. The Morgan fingerprint density at radius 2 is 1.33 bits per heavy atom. The summed E-state index contributed by atoms with van der Waals surface area (Å²) in [6.45, 7) is 1.90.